The first-order chi connectivity index (χ1) is 13.8. The molecule has 0 unspecified atom stereocenters. The molecule has 0 spiro atoms. The number of rotatable bonds is 3. The summed E-state index contributed by atoms with van der Waals surface area (Å²) in [5.41, 5.74) is 4.75. The monoisotopic (exact) mass is 366 g/mol. The Hall–Kier alpha value is -3.53. The molecule has 2 aromatic carbocycles. The van der Waals surface area contributed by atoms with Crippen LogP contribution in [0.5, 0.6) is 0 Å². The molecule has 0 bridgehead atoms. The van der Waals surface area contributed by atoms with Crippen LogP contribution in [0.4, 0.5) is 0 Å². The summed E-state index contributed by atoms with van der Waals surface area (Å²) < 4.78 is 2.05. The molecule has 5 aromatic rings. The standard InChI is InChI=1S/C13H11N3.C11H11N/c1-2-12-8-11(3-4-13(12)15-5-1)9-16-7-6-14-10-16;1-2-9-5-6-11-10(8-9)4-3-7-12-11/h1-8,10H,9H2;3-8H,2H2,1H3. The summed E-state index contributed by atoms with van der Waals surface area (Å²) in [6.07, 6.45) is 10.3. The van der Waals surface area contributed by atoms with E-state index in [0.717, 1.165) is 24.0 Å². The molecular formula is C24H22N4. The van der Waals surface area contributed by atoms with Gasteiger partial charge in [0.2, 0.25) is 0 Å². The van der Waals surface area contributed by atoms with Crippen LogP contribution < -0.4 is 0 Å². The lowest BCUT2D eigenvalue weighted by Crippen LogP contribution is -1.96. The lowest BCUT2D eigenvalue weighted by molar-refractivity contribution is 0.798. The summed E-state index contributed by atoms with van der Waals surface area (Å²) in [6.45, 7) is 3.02. The van der Waals surface area contributed by atoms with E-state index in [1.165, 1.54) is 21.9 Å². The van der Waals surface area contributed by atoms with Crippen molar-refractivity contribution in [3.05, 3.63) is 103 Å². The number of nitrogens with zero attached hydrogens (tertiary/aromatic N) is 4. The van der Waals surface area contributed by atoms with Gasteiger partial charge in [0.1, 0.15) is 0 Å². The van der Waals surface area contributed by atoms with Crippen molar-refractivity contribution >= 4 is 21.8 Å². The SMILES string of the molecule is CCc1ccc2ncccc2c1.c1cnc2ccc(Cn3ccnc3)cc2c1. The molecule has 5 rings (SSSR count). The number of hydrogen-bond donors (Lipinski definition) is 0. The Morgan fingerprint density at radius 3 is 2.00 bits per heavy atom. The molecule has 0 radical (unpaired) electrons. The van der Waals surface area contributed by atoms with Crippen molar-refractivity contribution in [3.63, 3.8) is 0 Å². The van der Waals surface area contributed by atoms with Gasteiger partial charge in [-0.3, -0.25) is 9.97 Å². The van der Waals surface area contributed by atoms with Gasteiger partial charge in [-0.2, -0.15) is 0 Å². The Morgan fingerprint density at radius 1 is 0.750 bits per heavy atom. The Balaban J connectivity index is 0.000000143. The van der Waals surface area contributed by atoms with Crippen LogP contribution in [-0.4, -0.2) is 19.5 Å². The number of hydrogen-bond acceptors (Lipinski definition) is 3. The molecule has 3 aromatic heterocycles. The third-order valence-corrected chi connectivity index (χ3v) is 4.67. The van der Waals surface area contributed by atoms with Crippen molar-refractivity contribution in [1.29, 1.82) is 0 Å². The molecular weight excluding hydrogens is 344 g/mol. The van der Waals surface area contributed by atoms with Crippen LogP contribution in [0, 0.1) is 0 Å². The normalized spacial score (nSPS) is 10.6. The van der Waals surface area contributed by atoms with E-state index in [9.17, 15) is 0 Å². The number of fused-ring (bicyclic) bond motifs is 2. The first-order valence-corrected chi connectivity index (χ1v) is 9.45. The number of benzene rings is 2. The summed E-state index contributed by atoms with van der Waals surface area (Å²) in [4.78, 5) is 12.6. The van der Waals surface area contributed by atoms with E-state index >= 15 is 0 Å². The number of aryl methyl sites for hydroxylation is 1. The van der Waals surface area contributed by atoms with Crippen LogP contribution in [0.2, 0.25) is 0 Å². The summed E-state index contributed by atoms with van der Waals surface area (Å²) in [6, 6.07) is 20.9. The van der Waals surface area contributed by atoms with Gasteiger partial charge in [-0.1, -0.05) is 31.2 Å². The molecule has 0 fully saturated rings. The van der Waals surface area contributed by atoms with E-state index < -0.39 is 0 Å². The van der Waals surface area contributed by atoms with Crippen LogP contribution >= 0.6 is 0 Å². The zero-order chi connectivity index (χ0) is 19.2. The van der Waals surface area contributed by atoms with Gasteiger partial charge in [0.05, 0.1) is 17.4 Å². The zero-order valence-corrected chi connectivity index (χ0v) is 15.9. The largest absolute Gasteiger partial charge is 0.333 e. The molecule has 0 atom stereocenters. The molecule has 0 aliphatic carbocycles. The molecule has 28 heavy (non-hydrogen) atoms. The van der Waals surface area contributed by atoms with Gasteiger partial charge in [0.15, 0.2) is 0 Å². The highest BCUT2D eigenvalue weighted by molar-refractivity contribution is 5.79. The molecule has 0 aliphatic rings. The molecule has 0 saturated heterocycles. The molecule has 0 saturated carbocycles. The van der Waals surface area contributed by atoms with E-state index in [1.807, 2.05) is 37.1 Å². The number of aromatic nitrogens is 4. The summed E-state index contributed by atoms with van der Waals surface area (Å²) >= 11 is 0. The topological polar surface area (TPSA) is 43.6 Å². The minimum atomic E-state index is 0.852. The predicted octanol–water partition coefficient (Wildman–Crippen LogP) is 5.28. The van der Waals surface area contributed by atoms with Gasteiger partial charge in [-0.05, 0) is 53.9 Å². The maximum Gasteiger partial charge on any atom is 0.0949 e. The predicted molar refractivity (Wildman–Crippen MR) is 114 cm³/mol. The second-order valence-electron chi connectivity index (χ2n) is 6.65. The quantitative estimate of drug-likeness (QED) is 0.436. The van der Waals surface area contributed by atoms with E-state index in [1.54, 1.807) is 6.20 Å². The highest BCUT2D eigenvalue weighted by atomic mass is 15.0. The van der Waals surface area contributed by atoms with Crippen molar-refractivity contribution in [2.75, 3.05) is 0 Å². The van der Waals surface area contributed by atoms with Gasteiger partial charge in [-0.15, -0.1) is 0 Å². The zero-order valence-electron chi connectivity index (χ0n) is 15.9. The second-order valence-corrected chi connectivity index (χ2v) is 6.65. The Morgan fingerprint density at radius 2 is 1.39 bits per heavy atom. The highest BCUT2D eigenvalue weighted by Gasteiger charge is 1.98. The van der Waals surface area contributed by atoms with Crippen LogP contribution in [0.3, 0.4) is 0 Å². The fourth-order valence-corrected chi connectivity index (χ4v) is 3.16. The average Bonchev–Trinajstić information content (AvgIpc) is 3.27. The first-order valence-electron chi connectivity index (χ1n) is 9.45. The fourth-order valence-electron chi connectivity index (χ4n) is 3.16. The van der Waals surface area contributed by atoms with Crippen molar-refractivity contribution < 1.29 is 0 Å². The lowest BCUT2D eigenvalue weighted by atomic mass is 10.1. The van der Waals surface area contributed by atoms with Gasteiger partial charge < -0.3 is 4.57 Å². The molecule has 138 valence electrons. The molecule has 4 nitrogen and oxygen atoms in total. The molecule has 3 heterocycles. The summed E-state index contributed by atoms with van der Waals surface area (Å²) in [5, 5.41) is 2.41. The molecule has 4 heteroatoms. The van der Waals surface area contributed by atoms with Crippen LogP contribution in [-0.2, 0) is 13.0 Å². The minimum Gasteiger partial charge on any atom is -0.333 e. The van der Waals surface area contributed by atoms with Crippen LogP contribution in [0.15, 0.2) is 91.8 Å². The summed E-state index contributed by atoms with van der Waals surface area (Å²) in [5.74, 6) is 0. The van der Waals surface area contributed by atoms with Crippen molar-refractivity contribution in [3.8, 4) is 0 Å². The van der Waals surface area contributed by atoms with Gasteiger partial charge in [0, 0.05) is 42.1 Å². The number of imidazole rings is 1. The Kier molecular flexibility index (Phi) is 5.38. The highest BCUT2D eigenvalue weighted by Crippen LogP contribution is 2.14. The van der Waals surface area contributed by atoms with E-state index in [4.69, 9.17) is 0 Å². The molecule has 0 aliphatic heterocycles. The van der Waals surface area contributed by atoms with Crippen molar-refractivity contribution in [2.24, 2.45) is 0 Å². The average molecular weight is 366 g/mol. The molecule has 0 N–H and O–H groups in total. The van der Waals surface area contributed by atoms with E-state index in [2.05, 4.69) is 75.0 Å². The molecule has 0 amide bonds. The number of pyridine rings is 2. The maximum absolute atomic E-state index is 4.30. The second kappa shape index (κ2) is 8.44. The van der Waals surface area contributed by atoms with Crippen LogP contribution in [0.1, 0.15) is 18.1 Å². The van der Waals surface area contributed by atoms with Crippen LogP contribution in [0.25, 0.3) is 21.8 Å². The third-order valence-electron chi connectivity index (χ3n) is 4.67. The first kappa shape index (κ1) is 17.9. The lowest BCUT2D eigenvalue weighted by Gasteiger charge is -2.03. The van der Waals surface area contributed by atoms with Gasteiger partial charge in [0.25, 0.3) is 0 Å². The smallest absolute Gasteiger partial charge is 0.0949 e. The van der Waals surface area contributed by atoms with Gasteiger partial charge in [-0.25, -0.2) is 4.98 Å². The Bertz CT molecular complexity index is 1180. The Labute approximate surface area is 164 Å². The fraction of sp³-hybridized carbons (Fsp3) is 0.125. The minimum absolute atomic E-state index is 0.852. The summed E-state index contributed by atoms with van der Waals surface area (Å²) in [7, 11) is 0. The van der Waals surface area contributed by atoms with E-state index in [0.29, 0.717) is 0 Å². The van der Waals surface area contributed by atoms with Gasteiger partial charge >= 0.3 is 0 Å². The van der Waals surface area contributed by atoms with Crippen molar-refractivity contribution in [1.82, 2.24) is 19.5 Å². The third kappa shape index (κ3) is 4.23. The maximum atomic E-state index is 4.30. The van der Waals surface area contributed by atoms with Crippen molar-refractivity contribution in [2.45, 2.75) is 19.9 Å². The van der Waals surface area contributed by atoms with E-state index in [-0.39, 0.29) is 0 Å².